The first-order valence-electron chi connectivity index (χ1n) is 10.4. The first kappa shape index (κ1) is 22.4. The number of hydrogen-bond donors (Lipinski definition) is 0. The monoisotopic (exact) mass is 423 g/mol. The Morgan fingerprint density at radius 2 is 1.73 bits per heavy atom. The number of hydrogen-bond acceptors (Lipinski definition) is 3. The summed E-state index contributed by atoms with van der Waals surface area (Å²) in [5, 5.41) is 11.0. The molecule has 0 N–H and O–H groups in total. The molecule has 1 aliphatic carbocycles. The van der Waals surface area contributed by atoms with E-state index in [1.807, 2.05) is 0 Å². The zero-order valence-corrected chi connectivity index (χ0v) is 17.6. The largest absolute Gasteiger partial charge is 0.490 e. The van der Waals surface area contributed by atoms with Crippen LogP contribution in [0.1, 0.15) is 57.6 Å². The van der Waals surface area contributed by atoms with Crippen LogP contribution in [0.5, 0.6) is 5.75 Å². The number of rotatable bonds is 5. The van der Waals surface area contributed by atoms with Crippen molar-refractivity contribution in [1.82, 2.24) is 0 Å². The van der Waals surface area contributed by atoms with E-state index in [-0.39, 0.29) is 35.6 Å². The van der Waals surface area contributed by atoms with E-state index in [0.29, 0.717) is 16.9 Å². The quantitative estimate of drug-likeness (QED) is 0.399. The molecule has 0 aromatic heterocycles. The molecular weight excluding hydrogens is 395 g/mol. The summed E-state index contributed by atoms with van der Waals surface area (Å²) >= 11 is 0. The Morgan fingerprint density at radius 3 is 2.30 bits per heavy atom. The molecule has 0 amide bonds. The van der Waals surface area contributed by atoms with E-state index in [2.05, 4.69) is 20.8 Å². The molecule has 4 nitrogen and oxygen atoms in total. The number of ether oxygens (including phenoxy) is 1. The summed E-state index contributed by atoms with van der Waals surface area (Å²) in [6, 6.07) is 7.51. The van der Waals surface area contributed by atoms with E-state index in [4.69, 9.17) is 4.74 Å². The van der Waals surface area contributed by atoms with Gasteiger partial charge in [0.05, 0.1) is 6.10 Å². The fourth-order valence-electron chi connectivity index (χ4n) is 4.35. The van der Waals surface area contributed by atoms with Crippen molar-refractivity contribution in [1.29, 1.82) is 0 Å². The van der Waals surface area contributed by atoms with E-state index in [1.165, 1.54) is 18.2 Å². The van der Waals surface area contributed by atoms with Gasteiger partial charge in [0, 0.05) is 11.3 Å². The minimum atomic E-state index is -4.56. The molecule has 1 aliphatic rings. The minimum absolute atomic E-state index is 0.0632. The average molecular weight is 423 g/mol. The second-order valence-electron chi connectivity index (χ2n) is 9.26. The van der Waals surface area contributed by atoms with Crippen molar-refractivity contribution < 1.29 is 22.8 Å². The number of alkyl halides is 3. The second-order valence-corrected chi connectivity index (χ2v) is 9.26. The third-order valence-corrected chi connectivity index (χ3v) is 6.11. The molecule has 3 rings (SSSR count). The van der Waals surface area contributed by atoms with Gasteiger partial charge in [0.2, 0.25) is 6.54 Å². The zero-order chi connectivity index (χ0) is 22.1. The highest BCUT2D eigenvalue weighted by Gasteiger charge is 2.38. The van der Waals surface area contributed by atoms with Crippen LogP contribution >= 0.6 is 0 Å². The van der Waals surface area contributed by atoms with Gasteiger partial charge >= 0.3 is 6.18 Å². The maximum atomic E-state index is 13.9. The van der Waals surface area contributed by atoms with E-state index in [9.17, 15) is 23.3 Å². The molecule has 0 spiro atoms. The Balaban J connectivity index is 1.86. The van der Waals surface area contributed by atoms with Gasteiger partial charge in [-0.1, -0.05) is 45.0 Å². The van der Waals surface area contributed by atoms with Crippen LogP contribution in [0.3, 0.4) is 0 Å². The number of benzene rings is 2. The van der Waals surface area contributed by atoms with Crippen LogP contribution in [-0.4, -0.2) is 17.6 Å². The molecule has 0 heterocycles. The fourth-order valence-corrected chi connectivity index (χ4v) is 4.35. The van der Waals surface area contributed by atoms with Crippen molar-refractivity contribution in [3.63, 3.8) is 0 Å². The van der Waals surface area contributed by atoms with Gasteiger partial charge < -0.3 is 4.74 Å². The molecule has 0 aliphatic heterocycles. The molecule has 0 atom stereocenters. The van der Waals surface area contributed by atoms with Crippen LogP contribution in [0.15, 0.2) is 30.3 Å². The summed E-state index contributed by atoms with van der Waals surface area (Å²) in [6.45, 7) is 6.34. The molecular formula is C23H28F3NO3. The van der Waals surface area contributed by atoms with Gasteiger partial charge in [-0.25, -0.2) is 0 Å². The highest BCUT2D eigenvalue weighted by Crippen LogP contribution is 2.44. The van der Waals surface area contributed by atoms with E-state index in [1.54, 1.807) is 12.1 Å². The zero-order valence-electron chi connectivity index (χ0n) is 17.6. The molecule has 2 aromatic carbocycles. The van der Waals surface area contributed by atoms with E-state index >= 15 is 0 Å². The summed E-state index contributed by atoms with van der Waals surface area (Å²) in [7, 11) is 0. The Hall–Kier alpha value is -2.31. The summed E-state index contributed by atoms with van der Waals surface area (Å²) in [5.41, 5.74) is 0.0677. The van der Waals surface area contributed by atoms with Gasteiger partial charge in [-0.05, 0) is 59.4 Å². The standard InChI is InChI=1S/C23H28F3NO3/c1-22(2,3)17-6-8-18(9-7-17)30-20-11-5-16-14-15(12-13-27(28)29)4-10-19(16)21(20)23(24,25)26/h4-5,10-11,14,17-18H,6-9,12-13H2,1-3H3/t17-,18-. The van der Waals surface area contributed by atoms with E-state index in [0.717, 1.165) is 25.7 Å². The average Bonchev–Trinajstić information content (AvgIpc) is 2.64. The van der Waals surface area contributed by atoms with Crippen molar-refractivity contribution in [3.05, 3.63) is 51.6 Å². The lowest BCUT2D eigenvalue weighted by Crippen LogP contribution is -2.31. The van der Waals surface area contributed by atoms with Crippen LogP contribution in [-0.2, 0) is 12.6 Å². The number of nitro groups is 1. The van der Waals surface area contributed by atoms with Crippen LogP contribution in [0.4, 0.5) is 13.2 Å². The Labute approximate surface area is 174 Å². The van der Waals surface area contributed by atoms with Crippen molar-refractivity contribution in [2.45, 2.75) is 65.2 Å². The highest BCUT2D eigenvalue weighted by atomic mass is 19.4. The molecule has 30 heavy (non-hydrogen) atoms. The lowest BCUT2D eigenvalue weighted by molar-refractivity contribution is -0.479. The maximum Gasteiger partial charge on any atom is 0.420 e. The van der Waals surface area contributed by atoms with Crippen LogP contribution in [0, 0.1) is 21.4 Å². The molecule has 0 saturated heterocycles. The molecule has 1 fully saturated rings. The molecule has 0 unspecified atom stereocenters. The first-order valence-corrected chi connectivity index (χ1v) is 10.4. The Bertz CT molecular complexity index is 910. The maximum absolute atomic E-state index is 13.9. The molecule has 7 heteroatoms. The van der Waals surface area contributed by atoms with Gasteiger partial charge in [-0.2, -0.15) is 13.2 Å². The first-order chi connectivity index (χ1) is 13.9. The summed E-state index contributed by atoms with van der Waals surface area (Å²) < 4.78 is 47.7. The van der Waals surface area contributed by atoms with Gasteiger partial charge in [-0.15, -0.1) is 0 Å². The van der Waals surface area contributed by atoms with Gasteiger partial charge in [0.25, 0.3) is 0 Å². The van der Waals surface area contributed by atoms with Crippen molar-refractivity contribution >= 4 is 10.8 Å². The minimum Gasteiger partial charge on any atom is -0.490 e. The number of halogens is 3. The molecule has 1 saturated carbocycles. The summed E-state index contributed by atoms with van der Waals surface area (Å²) in [5.74, 6) is 0.417. The van der Waals surface area contributed by atoms with Crippen LogP contribution in [0.2, 0.25) is 0 Å². The molecule has 164 valence electrons. The fraction of sp³-hybridized carbons (Fsp3) is 0.565. The number of nitrogens with zero attached hydrogens (tertiary/aromatic N) is 1. The highest BCUT2D eigenvalue weighted by molar-refractivity contribution is 5.89. The second kappa shape index (κ2) is 8.44. The predicted molar refractivity (Wildman–Crippen MR) is 110 cm³/mol. The lowest BCUT2D eigenvalue weighted by Gasteiger charge is -2.37. The third-order valence-electron chi connectivity index (χ3n) is 6.11. The van der Waals surface area contributed by atoms with Crippen molar-refractivity contribution in [2.24, 2.45) is 11.3 Å². The predicted octanol–water partition coefficient (Wildman–Crippen LogP) is 6.66. The van der Waals surface area contributed by atoms with Gasteiger partial charge in [-0.3, -0.25) is 10.1 Å². The SMILES string of the molecule is CC(C)(C)[C@H]1CC[C@H](Oc2ccc3cc(CC[N+](=O)[O-])ccc3c2C(F)(F)F)CC1. The van der Waals surface area contributed by atoms with E-state index < -0.39 is 16.7 Å². The van der Waals surface area contributed by atoms with Crippen LogP contribution < -0.4 is 4.74 Å². The number of fused-ring (bicyclic) bond motifs is 1. The van der Waals surface area contributed by atoms with Crippen molar-refractivity contribution in [2.75, 3.05) is 6.54 Å². The van der Waals surface area contributed by atoms with Crippen molar-refractivity contribution in [3.8, 4) is 5.75 Å². The Kier molecular flexibility index (Phi) is 6.29. The topological polar surface area (TPSA) is 52.4 Å². The third kappa shape index (κ3) is 5.24. The molecule has 0 radical (unpaired) electrons. The normalized spacial score (nSPS) is 20.3. The van der Waals surface area contributed by atoms with Gasteiger partial charge in [0.15, 0.2) is 0 Å². The molecule has 0 bridgehead atoms. The Morgan fingerprint density at radius 1 is 1.07 bits per heavy atom. The lowest BCUT2D eigenvalue weighted by atomic mass is 9.72. The molecule has 2 aromatic rings. The van der Waals surface area contributed by atoms with Gasteiger partial charge in [0.1, 0.15) is 11.3 Å². The summed E-state index contributed by atoms with van der Waals surface area (Å²) in [4.78, 5) is 10.1. The summed E-state index contributed by atoms with van der Waals surface area (Å²) in [6.07, 6.45) is -1.21. The smallest absolute Gasteiger partial charge is 0.420 e. The van der Waals surface area contributed by atoms with Crippen LogP contribution in [0.25, 0.3) is 10.8 Å².